The van der Waals surface area contributed by atoms with Gasteiger partial charge in [-0.05, 0) is 50.7 Å². The number of rotatable bonds is 3. The second-order valence-electron chi connectivity index (χ2n) is 5.66. The molecule has 0 atom stereocenters. The zero-order chi connectivity index (χ0) is 14.7. The number of benzene rings is 1. The van der Waals surface area contributed by atoms with Gasteiger partial charge in [0.25, 0.3) is 0 Å². The predicted molar refractivity (Wildman–Crippen MR) is 84.7 cm³/mol. The summed E-state index contributed by atoms with van der Waals surface area (Å²) in [6.07, 6.45) is 1.11. The van der Waals surface area contributed by atoms with E-state index in [1.54, 1.807) is 0 Å². The van der Waals surface area contributed by atoms with Crippen molar-refractivity contribution in [1.82, 2.24) is 15.2 Å². The summed E-state index contributed by atoms with van der Waals surface area (Å²) in [6.45, 7) is 6.44. The highest BCUT2D eigenvalue weighted by atomic mass is 16.1. The molecule has 4 nitrogen and oxygen atoms in total. The second kappa shape index (κ2) is 6.33. The molecule has 3 rings (SSSR count). The molecule has 2 heterocycles. The average molecular weight is 283 g/mol. The molecule has 0 spiro atoms. The van der Waals surface area contributed by atoms with Crippen molar-refractivity contribution in [2.75, 3.05) is 32.7 Å². The molecule has 1 fully saturated rings. The summed E-state index contributed by atoms with van der Waals surface area (Å²) in [6, 6.07) is 9.81. The van der Waals surface area contributed by atoms with Crippen LogP contribution in [0.5, 0.6) is 0 Å². The Balaban J connectivity index is 1.76. The van der Waals surface area contributed by atoms with Crippen LogP contribution in [0, 0.1) is 6.92 Å². The highest BCUT2D eigenvalue weighted by molar-refractivity contribution is 6.00. The molecule has 1 aromatic heterocycles. The van der Waals surface area contributed by atoms with Crippen LogP contribution in [0.1, 0.15) is 22.5 Å². The third-order valence-electron chi connectivity index (χ3n) is 3.95. The van der Waals surface area contributed by atoms with Gasteiger partial charge in [-0.25, -0.2) is 0 Å². The lowest BCUT2D eigenvalue weighted by Gasteiger charge is -2.18. The Morgan fingerprint density at radius 1 is 1.24 bits per heavy atom. The van der Waals surface area contributed by atoms with E-state index in [0.717, 1.165) is 54.8 Å². The summed E-state index contributed by atoms with van der Waals surface area (Å²) >= 11 is 0. The van der Waals surface area contributed by atoms with Gasteiger partial charge in [0.05, 0.1) is 12.1 Å². The largest absolute Gasteiger partial charge is 0.315 e. The highest BCUT2D eigenvalue weighted by Crippen LogP contribution is 2.15. The summed E-state index contributed by atoms with van der Waals surface area (Å²) in [4.78, 5) is 19.2. The van der Waals surface area contributed by atoms with Gasteiger partial charge < -0.3 is 5.32 Å². The van der Waals surface area contributed by atoms with E-state index < -0.39 is 0 Å². The number of Topliss-reactive ketones (excluding diaryl/α,β-unsaturated/α-hetero) is 1. The Hall–Kier alpha value is -1.78. The number of hydrogen-bond donors (Lipinski definition) is 1. The fourth-order valence-electron chi connectivity index (χ4n) is 2.76. The van der Waals surface area contributed by atoms with Gasteiger partial charge in [0.15, 0.2) is 5.78 Å². The highest BCUT2D eigenvalue weighted by Gasteiger charge is 2.14. The van der Waals surface area contributed by atoms with E-state index in [-0.39, 0.29) is 5.78 Å². The van der Waals surface area contributed by atoms with Crippen LogP contribution < -0.4 is 5.32 Å². The van der Waals surface area contributed by atoms with Crippen LogP contribution in [-0.2, 0) is 0 Å². The summed E-state index contributed by atoms with van der Waals surface area (Å²) in [7, 11) is 0. The van der Waals surface area contributed by atoms with Gasteiger partial charge in [0.2, 0.25) is 0 Å². The Kier molecular flexibility index (Phi) is 4.27. The van der Waals surface area contributed by atoms with Crippen molar-refractivity contribution >= 4 is 16.7 Å². The number of pyridine rings is 1. The van der Waals surface area contributed by atoms with Crippen LogP contribution in [0.25, 0.3) is 10.9 Å². The van der Waals surface area contributed by atoms with E-state index >= 15 is 0 Å². The Morgan fingerprint density at radius 2 is 2.14 bits per heavy atom. The van der Waals surface area contributed by atoms with Crippen LogP contribution in [0.4, 0.5) is 0 Å². The number of nitrogens with zero attached hydrogens (tertiary/aromatic N) is 2. The van der Waals surface area contributed by atoms with E-state index in [2.05, 4.69) is 15.2 Å². The first-order valence-corrected chi connectivity index (χ1v) is 7.56. The molecule has 0 bridgehead atoms. The summed E-state index contributed by atoms with van der Waals surface area (Å²) < 4.78 is 0. The minimum Gasteiger partial charge on any atom is -0.315 e. The number of carbonyl (C=O) groups excluding carboxylic acids is 1. The topological polar surface area (TPSA) is 45.2 Å². The van der Waals surface area contributed by atoms with Crippen LogP contribution in [0.3, 0.4) is 0 Å². The van der Waals surface area contributed by atoms with Gasteiger partial charge in [0.1, 0.15) is 0 Å². The molecule has 2 aromatic rings. The molecule has 1 aromatic carbocycles. The Bertz CT molecular complexity index is 646. The standard InChI is InChI=1S/C17H21N3O/c1-13-3-4-14-11-15(5-6-16(14)19-13)17(21)12-20-9-2-7-18-8-10-20/h3-6,11,18H,2,7-10,12H2,1H3. The monoisotopic (exact) mass is 283 g/mol. The number of aromatic nitrogens is 1. The number of carbonyl (C=O) groups is 1. The minimum absolute atomic E-state index is 0.194. The molecule has 110 valence electrons. The molecule has 0 amide bonds. The number of ketones is 1. The van der Waals surface area contributed by atoms with Crippen molar-refractivity contribution in [3.05, 3.63) is 41.6 Å². The molecule has 0 unspecified atom stereocenters. The fourth-order valence-corrected chi connectivity index (χ4v) is 2.76. The van der Waals surface area contributed by atoms with Gasteiger partial charge in [0, 0.05) is 29.7 Å². The first-order valence-electron chi connectivity index (χ1n) is 7.56. The lowest BCUT2D eigenvalue weighted by atomic mass is 10.1. The smallest absolute Gasteiger partial charge is 0.176 e. The van der Waals surface area contributed by atoms with E-state index in [4.69, 9.17) is 0 Å². The summed E-state index contributed by atoms with van der Waals surface area (Å²) in [5, 5.41) is 4.39. The first kappa shape index (κ1) is 14.2. The van der Waals surface area contributed by atoms with Crippen molar-refractivity contribution < 1.29 is 4.79 Å². The number of nitrogens with one attached hydrogen (secondary N) is 1. The van der Waals surface area contributed by atoms with Crippen LogP contribution in [0.2, 0.25) is 0 Å². The van der Waals surface area contributed by atoms with Crippen LogP contribution >= 0.6 is 0 Å². The molecule has 1 aliphatic heterocycles. The molecule has 4 heteroatoms. The fraction of sp³-hybridized carbons (Fsp3) is 0.412. The van der Waals surface area contributed by atoms with E-state index in [1.165, 1.54) is 0 Å². The van der Waals surface area contributed by atoms with Crippen molar-refractivity contribution in [2.45, 2.75) is 13.3 Å². The predicted octanol–water partition coefficient (Wildman–Crippen LogP) is 2.02. The van der Waals surface area contributed by atoms with E-state index in [0.29, 0.717) is 6.54 Å². The summed E-state index contributed by atoms with van der Waals surface area (Å²) in [5.41, 5.74) is 2.73. The number of hydrogen-bond acceptors (Lipinski definition) is 4. The molecular formula is C17H21N3O. The SMILES string of the molecule is Cc1ccc2cc(C(=O)CN3CCCNCC3)ccc2n1. The van der Waals surface area contributed by atoms with Crippen LogP contribution in [-0.4, -0.2) is 48.4 Å². The van der Waals surface area contributed by atoms with Crippen molar-refractivity contribution in [3.8, 4) is 0 Å². The zero-order valence-corrected chi connectivity index (χ0v) is 12.4. The molecule has 0 radical (unpaired) electrons. The van der Waals surface area contributed by atoms with Crippen molar-refractivity contribution in [2.24, 2.45) is 0 Å². The van der Waals surface area contributed by atoms with Gasteiger partial charge in [-0.2, -0.15) is 0 Å². The zero-order valence-electron chi connectivity index (χ0n) is 12.4. The molecule has 21 heavy (non-hydrogen) atoms. The molecule has 1 saturated heterocycles. The number of aryl methyl sites for hydroxylation is 1. The summed E-state index contributed by atoms with van der Waals surface area (Å²) in [5.74, 6) is 0.194. The molecule has 1 N–H and O–H groups in total. The molecule has 0 aliphatic carbocycles. The van der Waals surface area contributed by atoms with Crippen molar-refractivity contribution in [3.63, 3.8) is 0 Å². The lowest BCUT2D eigenvalue weighted by Crippen LogP contribution is -2.33. The van der Waals surface area contributed by atoms with E-state index in [9.17, 15) is 4.79 Å². The minimum atomic E-state index is 0.194. The molecular weight excluding hydrogens is 262 g/mol. The quantitative estimate of drug-likeness (QED) is 0.875. The molecule has 1 aliphatic rings. The third-order valence-corrected chi connectivity index (χ3v) is 3.95. The lowest BCUT2D eigenvalue weighted by molar-refractivity contribution is 0.0935. The average Bonchev–Trinajstić information content (AvgIpc) is 2.75. The van der Waals surface area contributed by atoms with Crippen molar-refractivity contribution in [1.29, 1.82) is 0 Å². The normalized spacial score (nSPS) is 16.8. The molecule has 0 saturated carbocycles. The Morgan fingerprint density at radius 3 is 3.05 bits per heavy atom. The maximum atomic E-state index is 12.5. The Labute approximate surface area is 125 Å². The maximum Gasteiger partial charge on any atom is 0.176 e. The van der Waals surface area contributed by atoms with Gasteiger partial charge in [-0.1, -0.05) is 6.07 Å². The van der Waals surface area contributed by atoms with Crippen LogP contribution in [0.15, 0.2) is 30.3 Å². The number of fused-ring (bicyclic) bond motifs is 1. The first-order chi connectivity index (χ1) is 10.2. The van der Waals surface area contributed by atoms with Gasteiger partial charge >= 0.3 is 0 Å². The third kappa shape index (κ3) is 3.46. The van der Waals surface area contributed by atoms with Gasteiger partial charge in [-0.3, -0.25) is 14.7 Å². The van der Waals surface area contributed by atoms with E-state index in [1.807, 2.05) is 37.3 Å². The maximum absolute atomic E-state index is 12.5. The second-order valence-corrected chi connectivity index (χ2v) is 5.66. The van der Waals surface area contributed by atoms with Gasteiger partial charge in [-0.15, -0.1) is 0 Å².